The fraction of sp³-hybridized carbons (Fsp3) is 0.481. The first kappa shape index (κ1) is 26.4. The van der Waals surface area contributed by atoms with Gasteiger partial charge in [0, 0.05) is 11.0 Å². The topological polar surface area (TPSA) is 84.9 Å². The van der Waals surface area contributed by atoms with Gasteiger partial charge in [0.1, 0.15) is 12.4 Å². The first-order chi connectivity index (χ1) is 15.5. The van der Waals surface area contributed by atoms with Gasteiger partial charge in [-0.25, -0.2) is 4.79 Å². The molecule has 0 aromatic heterocycles. The van der Waals surface area contributed by atoms with Crippen LogP contribution in [-0.4, -0.2) is 36.9 Å². The van der Waals surface area contributed by atoms with Crippen molar-refractivity contribution in [3.8, 4) is 5.75 Å². The van der Waals surface area contributed by atoms with Crippen molar-refractivity contribution in [2.75, 3.05) is 13.7 Å². The number of nitrogens with one attached hydrogen (secondary N) is 1. The van der Waals surface area contributed by atoms with Gasteiger partial charge in [0.05, 0.1) is 13.2 Å². The average Bonchev–Trinajstić information content (AvgIpc) is 2.79. The van der Waals surface area contributed by atoms with Crippen LogP contribution in [0, 0.1) is 12.3 Å². The highest BCUT2D eigenvalue weighted by molar-refractivity contribution is 6.02. The molecule has 0 aliphatic heterocycles. The number of imide groups is 1. The predicted octanol–water partition coefficient (Wildman–Crippen LogP) is 5.38. The molecule has 1 unspecified atom stereocenters. The van der Waals surface area contributed by atoms with Crippen LogP contribution in [0.3, 0.4) is 0 Å². The minimum atomic E-state index is -0.784. The Bertz CT molecular complexity index is 955. The summed E-state index contributed by atoms with van der Waals surface area (Å²) >= 11 is 0. The van der Waals surface area contributed by atoms with E-state index in [0.717, 1.165) is 29.7 Å². The number of methoxy groups -OCH3 is 1. The third-order valence-electron chi connectivity index (χ3n) is 6.43. The summed E-state index contributed by atoms with van der Waals surface area (Å²) in [6, 6.07) is 13.5. The maximum atomic E-state index is 12.2. The van der Waals surface area contributed by atoms with Gasteiger partial charge in [0.25, 0.3) is 5.91 Å². The van der Waals surface area contributed by atoms with E-state index in [4.69, 9.17) is 4.74 Å². The molecule has 0 bridgehead atoms. The Kier molecular flexibility index (Phi) is 8.67. The molecule has 2 amide bonds. The van der Waals surface area contributed by atoms with Crippen LogP contribution in [0.2, 0.25) is 0 Å². The highest BCUT2D eigenvalue weighted by Gasteiger charge is 2.31. The van der Waals surface area contributed by atoms with Crippen LogP contribution >= 0.6 is 0 Å². The summed E-state index contributed by atoms with van der Waals surface area (Å²) in [4.78, 5) is 23.5. The number of aliphatic hydroxyl groups is 1. The van der Waals surface area contributed by atoms with Gasteiger partial charge in [0.2, 0.25) is 0 Å². The van der Waals surface area contributed by atoms with Crippen LogP contribution < -0.4 is 10.1 Å². The lowest BCUT2D eigenvalue weighted by Crippen LogP contribution is -2.32. The zero-order valence-electron chi connectivity index (χ0n) is 20.8. The smallest absolute Gasteiger partial charge is 0.413 e. The molecule has 0 saturated carbocycles. The van der Waals surface area contributed by atoms with Crippen LogP contribution in [0.25, 0.3) is 0 Å². The van der Waals surface area contributed by atoms with E-state index < -0.39 is 18.1 Å². The number of carbonyl (C=O) groups is 2. The summed E-state index contributed by atoms with van der Waals surface area (Å²) in [5.74, 6) is 0.264. The van der Waals surface area contributed by atoms with E-state index in [9.17, 15) is 14.7 Å². The van der Waals surface area contributed by atoms with Crippen molar-refractivity contribution in [3.05, 3.63) is 64.7 Å². The molecule has 0 saturated heterocycles. The number of rotatable bonds is 8. The van der Waals surface area contributed by atoms with E-state index in [1.807, 2.05) is 45.9 Å². The lowest BCUT2D eigenvalue weighted by molar-refractivity contribution is 0.0216. The first-order valence-electron chi connectivity index (χ1n) is 11.4. The zero-order chi connectivity index (χ0) is 24.8. The second-order valence-corrected chi connectivity index (χ2v) is 9.49. The largest absolute Gasteiger partial charge is 0.491 e. The molecule has 33 heavy (non-hydrogen) atoms. The maximum Gasteiger partial charge on any atom is 0.413 e. The van der Waals surface area contributed by atoms with E-state index in [0.29, 0.717) is 5.56 Å². The molecular formula is C27H37NO5. The first-order valence-corrected chi connectivity index (χ1v) is 11.4. The molecule has 1 atom stereocenters. The van der Waals surface area contributed by atoms with Gasteiger partial charge >= 0.3 is 6.09 Å². The number of hydrogen-bond acceptors (Lipinski definition) is 5. The van der Waals surface area contributed by atoms with Gasteiger partial charge in [0.15, 0.2) is 0 Å². The molecule has 2 aromatic rings. The number of aliphatic hydroxyl groups excluding tert-OH is 1. The fourth-order valence-electron chi connectivity index (χ4n) is 3.92. The second-order valence-electron chi connectivity index (χ2n) is 9.49. The molecule has 6 nitrogen and oxygen atoms in total. The van der Waals surface area contributed by atoms with E-state index in [1.165, 1.54) is 12.7 Å². The number of ether oxygens (including phenoxy) is 2. The third kappa shape index (κ3) is 6.14. The predicted molar refractivity (Wildman–Crippen MR) is 130 cm³/mol. The molecule has 6 heteroatoms. The fourth-order valence-corrected chi connectivity index (χ4v) is 3.92. The van der Waals surface area contributed by atoms with E-state index in [-0.39, 0.29) is 17.4 Å². The van der Waals surface area contributed by atoms with Gasteiger partial charge < -0.3 is 14.6 Å². The van der Waals surface area contributed by atoms with Crippen molar-refractivity contribution in [1.82, 2.24) is 5.32 Å². The Morgan fingerprint density at radius 1 is 1.00 bits per heavy atom. The number of carbonyl (C=O) groups excluding carboxylic acids is 2. The van der Waals surface area contributed by atoms with Crippen LogP contribution in [0.4, 0.5) is 4.79 Å². The molecule has 0 aliphatic carbocycles. The van der Waals surface area contributed by atoms with Gasteiger partial charge in [-0.15, -0.1) is 0 Å². The number of amides is 2. The molecule has 0 radical (unpaired) electrons. The van der Waals surface area contributed by atoms with Crippen molar-refractivity contribution in [3.63, 3.8) is 0 Å². The van der Waals surface area contributed by atoms with Crippen molar-refractivity contribution in [2.24, 2.45) is 5.41 Å². The molecule has 0 heterocycles. The van der Waals surface area contributed by atoms with Crippen LogP contribution in [0.5, 0.6) is 5.75 Å². The number of aryl methyl sites for hydroxylation is 1. The van der Waals surface area contributed by atoms with Crippen LogP contribution in [0.1, 0.15) is 74.5 Å². The summed E-state index contributed by atoms with van der Waals surface area (Å²) in [5.41, 5.74) is 3.19. The Morgan fingerprint density at radius 2 is 1.58 bits per heavy atom. The minimum absolute atomic E-state index is 0.231. The zero-order valence-corrected chi connectivity index (χ0v) is 20.8. The van der Waals surface area contributed by atoms with Crippen molar-refractivity contribution in [1.29, 1.82) is 0 Å². The third-order valence-corrected chi connectivity index (χ3v) is 6.43. The molecule has 180 valence electrons. The Balaban J connectivity index is 2.30. The van der Waals surface area contributed by atoms with Crippen LogP contribution in [-0.2, 0) is 10.2 Å². The second kappa shape index (κ2) is 10.8. The standard InChI is InChI=1S/C27H37NO5/c1-8-27(9-2,20-12-10-19(11-13-20)24(30)28-25(31)32-7)21-14-15-22(18(3)16-21)33-17-23(29)26(4,5)6/h10-16,23,29H,8-9,17H2,1-7H3,(H,28,30,31). The van der Waals surface area contributed by atoms with Gasteiger partial charge in [-0.3, -0.25) is 10.1 Å². The maximum absolute atomic E-state index is 12.2. The molecule has 2 aromatic carbocycles. The molecule has 2 N–H and O–H groups in total. The molecule has 0 aliphatic rings. The van der Waals surface area contributed by atoms with Crippen molar-refractivity contribution >= 4 is 12.0 Å². The average molecular weight is 456 g/mol. The summed E-state index contributed by atoms with van der Waals surface area (Å²) < 4.78 is 10.4. The lowest BCUT2D eigenvalue weighted by atomic mass is 9.70. The number of benzene rings is 2. The van der Waals surface area contributed by atoms with Gasteiger partial charge in [-0.2, -0.15) is 0 Å². The molecular weight excluding hydrogens is 418 g/mol. The van der Waals surface area contributed by atoms with Crippen LogP contribution in [0.15, 0.2) is 42.5 Å². The normalized spacial score (nSPS) is 12.7. The summed E-state index contributed by atoms with van der Waals surface area (Å²) in [7, 11) is 1.22. The summed E-state index contributed by atoms with van der Waals surface area (Å²) in [6.45, 7) is 12.5. The van der Waals surface area contributed by atoms with Gasteiger partial charge in [-0.1, -0.05) is 58.9 Å². The Hall–Kier alpha value is -2.86. The van der Waals surface area contributed by atoms with Crippen molar-refractivity contribution in [2.45, 2.75) is 65.9 Å². The quantitative estimate of drug-likeness (QED) is 0.558. The van der Waals surface area contributed by atoms with Crippen molar-refractivity contribution < 1.29 is 24.2 Å². The highest BCUT2D eigenvalue weighted by Crippen LogP contribution is 2.40. The Labute approximate surface area is 197 Å². The van der Waals surface area contributed by atoms with E-state index in [2.05, 4.69) is 36.0 Å². The molecule has 2 rings (SSSR count). The van der Waals surface area contributed by atoms with E-state index in [1.54, 1.807) is 12.1 Å². The number of alkyl carbamates (subject to hydrolysis) is 1. The molecule has 0 fully saturated rings. The highest BCUT2D eigenvalue weighted by atomic mass is 16.5. The lowest BCUT2D eigenvalue weighted by Gasteiger charge is -2.34. The molecule has 0 spiro atoms. The summed E-state index contributed by atoms with van der Waals surface area (Å²) in [5, 5.41) is 12.5. The van der Waals surface area contributed by atoms with Gasteiger partial charge in [-0.05, 0) is 60.1 Å². The minimum Gasteiger partial charge on any atom is -0.491 e. The monoisotopic (exact) mass is 455 g/mol. The van der Waals surface area contributed by atoms with E-state index >= 15 is 0 Å². The SMILES string of the molecule is CCC(CC)(c1ccc(C(=O)NC(=O)OC)cc1)c1ccc(OCC(O)C(C)(C)C)c(C)c1. The number of hydrogen-bond donors (Lipinski definition) is 2. The summed E-state index contributed by atoms with van der Waals surface area (Å²) in [6.07, 6.45) is 0.407. The Morgan fingerprint density at radius 3 is 2.06 bits per heavy atom.